The fourth-order valence-corrected chi connectivity index (χ4v) is 4.25. The number of likely N-dealkylation sites (tertiary alicyclic amines) is 1. The number of carbonyl (C=O) groups is 2. The van der Waals surface area contributed by atoms with Gasteiger partial charge in [0.05, 0.1) is 23.1 Å². The molecule has 2 aromatic rings. The molecule has 1 aromatic carbocycles. The summed E-state index contributed by atoms with van der Waals surface area (Å²) in [5.41, 5.74) is 6.40. The predicted octanol–water partition coefficient (Wildman–Crippen LogP) is 2.46. The number of primary amides is 1. The third-order valence-corrected chi connectivity index (χ3v) is 5.60. The van der Waals surface area contributed by atoms with E-state index in [0.29, 0.717) is 29.2 Å². The Morgan fingerprint density at radius 2 is 2.11 bits per heavy atom. The van der Waals surface area contributed by atoms with Crippen molar-refractivity contribution in [2.75, 3.05) is 6.54 Å². The highest BCUT2D eigenvalue weighted by Crippen LogP contribution is 2.36. The average molecular weight is 422 g/mol. The number of nitrogens with two attached hydrogens (primary N) is 1. The Morgan fingerprint density at radius 1 is 1.39 bits per heavy atom. The fraction of sp³-hybridized carbons (Fsp3) is 0.353. The van der Waals surface area contributed by atoms with Crippen LogP contribution in [0.5, 0.6) is 0 Å². The number of ether oxygens (including phenoxy) is 1. The molecule has 0 bridgehead atoms. The van der Waals surface area contributed by atoms with Crippen LogP contribution >= 0.6 is 24.0 Å². The SMILES string of the molecule is NC(=O)Cc1csc([C@@H]2C[C@H](S)CN2C(=O)OCc2ccc([N+](=O)[O-])cc2)n1. The van der Waals surface area contributed by atoms with Crippen LogP contribution < -0.4 is 5.73 Å². The average Bonchev–Trinajstić information content (AvgIpc) is 3.25. The number of amides is 2. The van der Waals surface area contributed by atoms with Gasteiger partial charge in [0.2, 0.25) is 5.91 Å². The number of nitrogens with zero attached hydrogens (tertiary/aromatic N) is 3. The Labute approximate surface area is 170 Å². The first-order valence-corrected chi connectivity index (χ1v) is 9.80. The second-order valence-electron chi connectivity index (χ2n) is 6.36. The molecule has 1 saturated heterocycles. The van der Waals surface area contributed by atoms with Crippen LogP contribution in [0, 0.1) is 10.1 Å². The monoisotopic (exact) mass is 422 g/mol. The number of nitro groups is 1. The number of non-ortho nitro benzene ring substituents is 1. The molecule has 1 fully saturated rings. The van der Waals surface area contributed by atoms with Gasteiger partial charge in [-0.2, -0.15) is 12.6 Å². The zero-order valence-corrected chi connectivity index (χ0v) is 16.4. The van der Waals surface area contributed by atoms with Crippen molar-refractivity contribution in [2.24, 2.45) is 5.73 Å². The molecular formula is C17H18N4O5S2. The second-order valence-corrected chi connectivity index (χ2v) is 7.98. The van der Waals surface area contributed by atoms with Crippen molar-refractivity contribution in [3.63, 3.8) is 0 Å². The minimum Gasteiger partial charge on any atom is -0.445 e. The van der Waals surface area contributed by atoms with Crippen molar-refractivity contribution >= 4 is 41.7 Å². The summed E-state index contributed by atoms with van der Waals surface area (Å²) >= 11 is 5.84. The first-order valence-electron chi connectivity index (χ1n) is 8.41. The van der Waals surface area contributed by atoms with E-state index >= 15 is 0 Å². The minimum atomic E-state index is -0.508. The Kier molecular flexibility index (Phi) is 6.15. The van der Waals surface area contributed by atoms with E-state index in [-0.39, 0.29) is 30.0 Å². The number of nitro benzene ring substituents is 1. The van der Waals surface area contributed by atoms with Gasteiger partial charge in [-0.15, -0.1) is 11.3 Å². The molecule has 2 atom stereocenters. The van der Waals surface area contributed by atoms with Gasteiger partial charge in [0, 0.05) is 29.3 Å². The van der Waals surface area contributed by atoms with Crippen LogP contribution in [-0.2, 0) is 22.6 Å². The van der Waals surface area contributed by atoms with Gasteiger partial charge in [-0.3, -0.25) is 19.8 Å². The zero-order valence-electron chi connectivity index (χ0n) is 14.7. The Balaban J connectivity index is 1.64. The van der Waals surface area contributed by atoms with Crippen molar-refractivity contribution in [1.82, 2.24) is 9.88 Å². The molecule has 28 heavy (non-hydrogen) atoms. The van der Waals surface area contributed by atoms with Crippen molar-refractivity contribution in [3.05, 3.63) is 56.0 Å². The molecule has 9 nitrogen and oxygen atoms in total. The molecule has 0 aliphatic carbocycles. The highest BCUT2D eigenvalue weighted by Gasteiger charge is 2.37. The minimum absolute atomic E-state index is 0.00206. The van der Waals surface area contributed by atoms with Crippen LogP contribution in [0.4, 0.5) is 10.5 Å². The molecule has 1 aliphatic heterocycles. The van der Waals surface area contributed by atoms with Gasteiger partial charge in [-0.1, -0.05) is 0 Å². The van der Waals surface area contributed by atoms with Crippen molar-refractivity contribution in [3.8, 4) is 0 Å². The predicted molar refractivity (Wildman–Crippen MR) is 105 cm³/mol. The number of aromatic nitrogens is 1. The fourth-order valence-electron chi connectivity index (χ4n) is 2.93. The lowest BCUT2D eigenvalue weighted by Crippen LogP contribution is -2.31. The molecule has 1 aromatic heterocycles. The molecule has 0 unspecified atom stereocenters. The standard InChI is InChI=1S/C17H18N4O5S2/c18-15(22)5-11-9-28-16(19-11)14-6-13(27)7-20(14)17(23)26-8-10-1-3-12(4-2-10)21(24)25/h1-4,9,13-14,27H,5-8H2,(H2,18,22)/t13-,14-/m0/s1. The first-order chi connectivity index (χ1) is 13.3. The van der Waals surface area contributed by atoms with Crippen LogP contribution in [0.3, 0.4) is 0 Å². The van der Waals surface area contributed by atoms with E-state index in [9.17, 15) is 19.7 Å². The second kappa shape index (κ2) is 8.57. The number of carbonyl (C=O) groups excluding carboxylic acids is 2. The summed E-state index contributed by atoms with van der Waals surface area (Å²) in [5.74, 6) is -0.463. The van der Waals surface area contributed by atoms with E-state index in [1.807, 2.05) is 0 Å². The van der Waals surface area contributed by atoms with Crippen molar-refractivity contribution in [1.29, 1.82) is 0 Å². The third-order valence-electron chi connectivity index (χ3n) is 4.23. The number of rotatable bonds is 6. The van der Waals surface area contributed by atoms with Crippen LogP contribution in [0.2, 0.25) is 0 Å². The Morgan fingerprint density at radius 3 is 2.75 bits per heavy atom. The highest BCUT2D eigenvalue weighted by molar-refractivity contribution is 7.81. The van der Waals surface area contributed by atoms with E-state index in [2.05, 4.69) is 17.6 Å². The van der Waals surface area contributed by atoms with Gasteiger partial charge in [0.1, 0.15) is 11.6 Å². The van der Waals surface area contributed by atoms with Crippen LogP contribution in [-0.4, -0.2) is 38.6 Å². The molecule has 3 rings (SSSR count). The summed E-state index contributed by atoms with van der Waals surface area (Å²) in [6.45, 7) is 0.416. The number of hydrogen-bond acceptors (Lipinski definition) is 8. The summed E-state index contributed by atoms with van der Waals surface area (Å²) in [6.07, 6.45) is 0.170. The number of hydrogen-bond donors (Lipinski definition) is 2. The lowest BCUT2D eigenvalue weighted by molar-refractivity contribution is -0.384. The Bertz CT molecular complexity index is 886. The molecule has 0 spiro atoms. The summed E-state index contributed by atoms with van der Waals surface area (Å²) in [7, 11) is 0. The Hall–Kier alpha value is -2.66. The lowest BCUT2D eigenvalue weighted by Gasteiger charge is -2.22. The summed E-state index contributed by atoms with van der Waals surface area (Å²) in [6, 6.07) is 5.54. The molecule has 0 radical (unpaired) electrons. The van der Waals surface area contributed by atoms with E-state index < -0.39 is 16.9 Å². The van der Waals surface area contributed by atoms with Crippen molar-refractivity contribution < 1.29 is 19.2 Å². The number of thiazole rings is 1. The number of thiol groups is 1. The molecule has 11 heteroatoms. The molecule has 2 N–H and O–H groups in total. The first kappa shape index (κ1) is 20.1. The van der Waals surface area contributed by atoms with E-state index in [1.165, 1.54) is 23.5 Å². The quantitative estimate of drug-likeness (QED) is 0.418. The lowest BCUT2D eigenvalue weighted by atomic mass is 10.2. The molecule has 1 aliphatic rings. The smallest absolute Gasteiger partial charge is 0.410 e. The van der Waals surface area contributed by atoms with E-state index in [4.69, 9.17) is 10.5 Å². The van der Waals surface area contributed by atoms with Gasteiger partial charge >= 0.3 is 6.09 Å². The maximum absolute atomic E-state index is 12.6. The number of benzene rings is 1. The topological polar surface area (TPSA) is 129 Å². The van der Waals surface area contributed by atoms with Gasteiger partial charge in [-0.05, 0) is 24.1 Å². The zero-order chi connectivity index (χ0) is 20.3. The third kappa shape index (κ3) is 4.78. The van der Waals surface area contributed by atoms with Crippen LogP contribution in [0.15, 0.2) is 29.6 Å². The van der Waals surface area contributed by atoms with E-state index in [0.717, 1.165) is 0 Å². The van der Waals surface area contributed by atoms with E-state index in [1.54, 1.807) is 22.4 Å². The van der Waals surface area contributed by atoms with Gasteiger partial charge < -0.3 is 10.5 Å². The highest BCUT2D eigenvalue weighted by atomic mass is 32.1. The molecule has 2 heterocycles. The van der Waals surface area contributed by atoms with Gasteiger partial charge in [0.15, 0.2) is 0 Å². The molecular weight excluding hydrogens is 404 g/mol. The van der Waals surface area contributed by atoms with Crippen molar-refractivity contribution in [2.45, 2.75) is 30.7 Å². The maximum atomic E-state index is 12.6. The summed E-state index contributed by atoms with van der Waals surface area (Å²) < 4.78 is 5.37. The normalized spacial score (nSPS) is 18.8. The summed E-state index contributed by atoms with van der Waals surface area (Å²) in [4.78, 5) is 39.8. The van der Waals surface area contributed by atoms with Crippen LogP contribution in [0.1, 0.15) is 28.7 Å². The summed E-state index contributed by atoms with van der Waals surface area (Å²) in [5, 5.41) is 13.1. The largest absolute Gasteiger partial charge is 0.445 e. The van der Waals surface area contributed by atoms with Crippen LogP contribution in [0.25, 0.3) is 0 Å². The molecule has 0 saturated carbocycles. The van der Waals surface area contributed by atoms with Gasteiger partial charge in [-0.25, -0.2) is 9.78 Å². The maximum Gasteiger partial charge on any atom is 0.410 e. The van der Waals surface area contributed by atoms with Gasteiger partial charge in [0.25, 0.3) is 5.69 Å². The molecule has 2 amide bonds. The molecule has 148 valence electrons.